The minimum Gasteiger partial charge on any atom is -0.481 e. The SMILES string of the molecule is COCCCNC(=O)CS(=O)(=O)CC(C)C(=O)O. The van der Waals surface area contributed by atoms with Crippen LogP contribution in [0.1, 0.15) is 13.3 Å². The molecule has 0 aromatic carbocycles. The van der Waals surface area contributed by atoms with Crippen molar-refractivity contribution in [3.63, 3.8) is 0 Å². The van der Waals surface area contributed by atoms with Crippen LogP contribution in [0.15, 0.2) is 0 Å². The Morgan fingerprint density at radius 2 is 2.00 bits per heavy atom. The van der Waals surface area contributed by atoms with Gasteiger partial charge in [-0.05, 0) is 6.42 Å². The van der Waals surface area contributed by atoms with Gasteiger partial charge < -0.3 is 15.2 Å². The van der Waals surface area contributed by atoms with Gasteiger partial charge in [-0.2, -0.15) is 0 Å². The predicted molar refractivity (Wildman–Crippen MR) is 65.0 cm³/mol. The summed E-state index contributed by atoms with van der Waals surface area (Å²) in [5.74, 6) is -4.05. The van der Waals surface area contributed by atoms with Crippen molar-refractivity contribution in [2.24, 2.45) is 5.92 Å². The van der Waals surface area contributed by atoms with Crippen molar-refractivity contribution in [1.29, 1.82) is 0 Å². The molecule has 0 aliphatic heterocycles. The van der Waals surface area contributed by atoms with Gasteiger partial charge in [0.25, 0.3) is 0 Å². The van der Waals surface area contributed by atoms with E-state index in [0.29, 0.717) is 19.6 Å². The third kappa shape index (κ3) is 8.02. The maximum absolute atomic E-state index is 11.5. The van der Waals surface area contributed by atoms with Gasteiger partial charge >= 0.3 is 5.97 Å². The maximum atomic E-state index is 11.5. The molecule has 7 nitrogen and oxygen atoms in total. The molecule has 0 rings (SSSR count). The monoisotopic (exact) mass is 281 g/mol. The lowest BCUT2D eigenvalue weighted by molar-refractivity contribution is -0.140. The van der Waals surface area contributed by atoms with Crippen LogP contribution in [-0.4, -0.2) is 57.2 Å². The molecule has 0 aromatic rings. The van der Waals surface area contributed by atoms with Gasteiger partial charge in [0, 0.05) is 20.3 Å². The molecule has 0 saturated heterocycles. The average molecular weight is 281 g/mol. The van der Waals surface area contributed by atoms with Gasteiger partial charge in [0.2, 0.25) is 5.91 Å². The number of nitrogens with one attached hydrogen (secondary N) is 1. The standard InChI is InChI=1S/C10H19NO6S/c1-8(10(13)14)6-18(15,16)7-9(12)11-4-3-5-17-2/h8H,3-7H2,1-2H3,(H,11,12)(H,13,14). The number of hydrogen-bond acceptors (Lipinski definition) is 5. The topological polar surface area (TPSA) is 110 Å². The molecule has 0 heterocycles. The number of carbonyl (C=O) groups is 2. The normalized spacial score (nSPS) is 13.0. The first-order chi connectivity index (χ1) is 8.28. The predicted octanol–water partition coefficient (Wildman–Crippen LogP) is -0.725. The van der Waals surface area contributed by atoms with Crippen LogP contribution in [0.4, 0.5) is 0 Å². The molecular weight excluding hydrogens is 262 g/mol. The molecule has 0 aliphatic carbocycles. The van der Waals surface area contributed by atoms with Gasteiger partial charge in [-0.25, -0.2) is 8.42 Å². The van der Waals surface area contributed by atoms with Gasteiger partial charge in [-0.3, -0.25) is 9.59 Å². The van der Waals surface area contributed by atoms with Crippen molar-refractivity contribution in [3.05, 3.63) is 0 Å². The highest BCUT2D eigenvalue weighted by molar-refractivity contribution is 7.92. The van der Waals surface area contributed by atoms with E-state index >= 15 is 0 Å². The van der Waals surface area contributed by atoms with E-state index in [-0.39, 0.29) is 0 Å². The molecule has 0 spiro atoms. The summed E-state index contributed by atoms with van der Waals surface area (Å²) in [6.07, 6.45) is 0.591. The molecule has 1 amide bonds. The summed E-state index contributed by atoms with van der Waals surface area (Å²) in [4.78, 5) is 21.8. The highest BCUT2D eigenvalue weighted by Crippen LogP contribution is 2.02. The van der Waals surface area contributed by atoms with E-state index in [2.05, 4.69) is 5.32 Å². The number of hydrogen-bond donors (Lipinski definition) is 2. The van der Waals surface area contributed by atoms with E-state index in [1.807, 2.05) is 0 Å². The summed E-state index contributed by atoms with van der Waals surface area (Å²) < 4.78 is 27.8. The van der Waals surface area contributed by atoms with Gasteiger partial charge in [0.15, 0.2) is 9.84 Å². The molecule has 0 aromatic heterocycles. The first kappa shape index (κ1) is 16.9. The Kier molecular flexibility index (Phi) is 7.53. The summed E-state index contributed by atoms with van der Waals surface area (Å²) in [7, 11) is -2.16. The van der Waals surface area contributed by atoms with E-state index in [0.717, 1.165) is 0 Å². The third-order valence-electron chi connectivity index (χ3n) is 2.12. The molecule has 1 atom stereocenters. The smallest absolute Gasteiger partial charge is 0.307 e. The van der Waals surface area contributed by atoms with Crippen LogP contribution in [0.2, 0.25) is 0 Å². The van der Waals surface area contributed by atoms with Crippen molar-refractivity contribution in [2.75, 3.05) is 31.8 Å². The third-order valence-corrected chi connectivity index (χ3v) is 3.83. The van der Waals surface area contributed by atoms with Crippen molar-refractivity contribution in [1.82, 2.24) is 5.32 Å². The summed E-state index contributed by atoms with van der Waals surface area (Å²) in [5.41, 5.74) is 0. The number of carbonyl (C=O) groups excluding carboxylic acids is 1. The molecule has 0 saturated carbocycles. The summed E-state index contributed by atoms with van der Waals surface area (Å²) in [6.45, 7) is 2.09. The van der Waals surface area contributed by atoms with E-state index in [4.69, 9.17) is 9.84 Å². The zero-order chi connectivity index (χ0) is 14.2. The van der Waals surface area contributed by atoms with Crippen molar-refractivity contribution < 1.29 is 27.9 Å². The van der Waals surface area contributed by atoms with Crippen molar-refractivity contribution in [2.45, 2.75) is 13.3 Å². The second-order valence-electron chi connectivity index (χ2n) is 3.99. The van der Waals surface area contributed by atoms with E-state index < -0.39 is 39.1 Å². The Morgan fingerprint density at radius 1 is 1.39 bits per heavy atom. The first-order valence-electron chi connectivity index (χ1n) is 5.47. The van der Waals surface area contributed by atoms with Crippen LogP contribution in [-0.2, 0) is 24.2 Å². The van der Waals surface area contributed by atoms with Crippen molar-refractivity contribution >= 4 is 21.7 Å². The van der Waals surface area contributed by atoms with Gasteiger partial charge in [-0.1, -0.05) is 6.92 Å². The minimum atomic E-state index is -3.69. The quantitative estimate of drug-likeness (QED) is 0.539. The highest BCUT2D eigenvalue weighted by atomic mass is 32.2. The molecule has 106 valence electrons. The molecule has 18 heavy (non-hydrogen) atoms. The summed E-state index contributed by atoms with van der Waals surface area (Å²) in [6, 6.07) is 0. The van der Waals surface area contributed by atoms with Crippen LogP contribution in [0, 0.1) is 5.92 Å². The number of sulfone groups is 1. The Labute approximate surface area is 106 Å². The van der Waals surface area contributed by atoms with Crippen LogP contribution in [0.3, 0.4) is 0 Å². The Balaban J connectivity index is 4.08. The first-order valence-corrected chi connectivity index (χ1v) is 7.29. The molecule has 8 heteroatoms. The van der Waals surface area contributed by atoms with E-state index in [1.165, 1.54) is 14.0 Å². The van der Waals surface area contributed by atoms with Gasteiger partial charge in [-0.15, -0.1) is 0 Å². The Bertz CT molecular complexity index is 378. The zero-order valence-corrected chi connectivity index (χ0v) is 11.3. The number of methoxy groups -OCH3 is 1. The van der Waals surface area contributed by atoms with E-state index in [9.17, 15) is 18.0 Å². The molecule has 0 aliphatic rings. The average Bonchev–Trinajstić information content (AvgIpc) is 2.22. The number of ether oxygens (including phenoxy) is 1. The Morgan fingerprint density at radius 3 is 2.50 bits per heavy atom. The van der Waals surface area contributed by atoms with E-state index in [1.54, 1.807) is 0 Å². The maximum Gasteiger partial charge on any atom is 0.307 e. The fourth-order valence-electron chi connectivity index (χ4n) is 1.21. The summed E-state index contributed by atoms with van der Waals surface area (Å²) in [5, 5.41) is 11.0. The second kappa shape index (κ2) is 8.04. The number of aliphatic carboxylic acids is 1. The van der Waals surface area contributed by atoms with Crippen LogP contribution >= 0.6 is 0 Å². The minimum absolute atomic E-state index is 0.330. The van der Waals surface area contributed by atoms with Crippen LogP contribution < -0.4 is 5.32 Å². The Hall–Kier alpha value is -1.15. The highest BCUT2D eigenvalue weighted by Gasteiger charge is 2.23. The molecule has 1 unspecified atom stereocenters. The fraction of sp³-hybridized carbons (Fsp3) is 0.800. The molecule has 0 bridgehead atoms. The molecular formula is C10H19NO6S. The lowest BCUT2D eigenvalue weighted by Gasteiger charge is -2.08. The van der Waals surface area contributed by atoms with Crippen LogP contribution in [0.25, 0.3) is 0 Å². The van der Waals surface area contributed by atoms with Gasteiger partial charge in [0.1, 0.15) is 5.75 Å². The van der Waals surface area contributed by atoms with Gasteiger partial charge in [0.05, 0.1) is 11.7 Å². The fourth-order valence-corrected chi connectivity index (χ4v) is 2.73. The lowest BCUT2D eigenvalue weighted by Crippen LogP contribution is -2.34. The number of rotatable bonds is 9. The van der Waals surface area contributed by atoms with Crippen molar-refractivity contribution in [3.8, 4) is 0 Å². The number of amides is 1. The second-order valence-corrected chi connectivity index (χ2v) is 6.10. The molecule has 2 N–H and O–H groups in total. The van der Waals surface area contributed by atoms with Crippen LogP contribution in [0.5, 0.6) is 0 Å². The summed E-state index contributed by atoms with van der Waals surface area (Å²) >= 11 is 0. The molecule has 0 radical (unpaired) electrons. The lowest BCUT2D eigenvalue weighted by atomic mass is 10.2. The zero-order valence-electron chi connectivity index (χ0n) is 10.5. The number of carboxylic acids is 1. The largest absolute Gasteiger partial charge is 0.481 e. The molecule has 0 fully saturated rings. The number of carboxylic acid groups (broad SMARTS) is 1.